The Bertz CT molecular complexity index is 541. The molecule has 0 saturated carbocycles. The van der Waals surface area contributed by atoms with Crippen LogP contribution in [0.25, 0.3) is 0 Å². The lowest BCUT2D eigenvalue weighted by atomic mass is 10.2. The monoisotopic (exact) mass is 273 g/mol. The van der Waals surface area contributed by atoms with Crippen LogP contribution in [0.3, 0.4) is 0 Å². The molecule has 1 unspecified atom stereocenters. The first-order valence-electron chi connectivity index (χ1n) is 6.28. The van der Waals surface area contributed by atoms with Crippen molar-refractivity contribution in [1.82, 2.24) is 14.9 Å². The summed E-state index contributed by atoms with van der Waals surface area (Å²) in [6.45, 7) is 0.730. The number of thioether (sulfide) groups is 1. The van der Waals surface area contributed by atoms with Gasteiger partial charge in [0.25, 0.3) is 0 Å². The third kappa shape index (κ3) is 2.66. The second-order valence-corrected chi connectivity index (χ2v) is 5.56. The second kappa shape index (κ2) is 5.48. The highest BCUT2D eigenvalue weighted by Crippen LogP contribution is 2.38. The average Bonchev–Trinajstić information content (AvgIpc) is 3.07. The summed E-state index contributed by atoms with van der Waals surface area (Å²) >= 11 is 1.70. The molecule has 5 heteroatoms. The van der Waals surface area contributed by atoms with Gasteiger partial charge in [0.05, 0.1) is 12.1 Å². The molecule has 3 rings (SSSR count). The molecule has 4 nitrogen and oxygen atoms in total. The number of carbonyl (C=O) groups is 1. The summed E-state index contributed by atoms with van der Waals surface area (Å²) in [7, 11) is 0. The summed E-state index contributed by atoms with van der Waals surface area (Å²) in [5.41, 5.74) is 2.26. The summed E-state index contributed by atoms with van der Waals surface area (Å²) in [6.07, 6.45) is 4.30. The van der Waals surface area contributed by atoms with Gasteiger partial charge in [-0.2, -0.15) is 0 Å². The standard InChI is InChI=1S/C14H15N3OS/c18-13-9-19-14(11-4-2-1-3-5-11)17(13)7-6-12-8-15-10-16-12/h1-5,8,10,14H,6-7,9H2,(H,15,16). The van der Waals surface area contributed by atoms with Crippen molar-refractivity contribution < 1.29 is 4.79 Å². The fraction of sp³-hybridized carbons (Fsp3) is 0.286. The van der Waals surface area contributed by atoms with Gasteiger partial charge in [-0.05, 0) is 5.56 Å². The molecule has 1 aromatic heterocycles. The third-order valence-electron chi connectivity index (χ3n) is 3.23. The van der Waals surface area contributed by atoms with E-state index >= 15 is 0 Å². The highest BCUT2D eigenvalue weighted by atomic mass is 32.2. The molecule has 1 aliphatic heterocycles. The summed E-state index contributed by atoms with van der Waals surface area (Å²) in [5.74, 6) is 0.793. The predicted octanol–water partition coefficient (Wildman–Crippen LogP) is 2.23. The molecular weight excluding hydrogens is 258 g/mol. The normalized spacial score (nSPS) is 19.1. The van der Waals surface area contributed by atoms with Crippen LogP contribution in [0, 0.1) is 0 Å². The second-order valence-electron chi connectivity index (χ2n) is 4.49. The van der Waals surface area contributed by atoms with Gasteiger partial charge in [-0.3, -0.25) is 4.79 Å². The summed E-state index contributed by atoms with van der Waals surface area (Å²) in [4.78, 5) is 21.0. The van der Waals surface area contributed by atoms with E-state index in [9.17, 15) is 4.79 Å². The van der Waals surface area contributed by atoms with E-state index in [1.165, 1.54) is 5.56 Å². The maximum atomic E-state index is 12.0. The Hall–Kier alpha value is -1.75. The molecule has 2 aromatic rings. The minimum absolute atomic E-state index is 0.150. The van der Waals surface area contributed by atoms with Crippen molar-refractivity contribution in [1.29, 1.82) is 0 Å². The van der Waals surface area contributed by atoms with Crippen molar-refractivity contribution in [2.75, 3.05) is 12.3 Å². The van der Waals surface area contributed by atoms with Crippen molar-refractivity contribution in [3.8, 4) is 0 Å². The molecule has 0 aliphatic carbocycles. The number of hydrogen-bond acceptors (Lipinski definition) is 3. The zero-order valence-corrected chi connectivity index (χ0v) is 11.3. The highest BCUT2D eigenvalue weighted by molar-refractivity contribution is 8.00. The van der Waals surface area contributed by atoms with E-state index in [1.54, 1.807) is 18.1 Å². The number of aromatic amines is 1. The van der Waals surface area contributed by atoms with E-state index in [0.29, 0.717) is 5.75 Å². The van der Waals surface area contributed by atoms with Crippen LogP contribution < -0.4 is 0 Å². The minimum Gasteiger partial charge on any atom is -0.348 e. The summed E-state index contributed by atoms with van der Waals surface area (Å²) in [6, 6.07) is 10.2. The average molecular weight is 273 g/mol. The van der Waals surface area contributed by atoms with E-state index in [1.807, 2.05) is 29.3 Å². The number of rotatable bonds is 4. The van der Waals surface area contributed by atoms with Crippen molar-refractivity contribution in [2.45, 2.75) is 11.8 Å². The molecule has 1 N–H and O–H groups in total. The van der Waals surface area contributed by atoms with E-state index in [4.69, 9.17) is 0 Å². The lowest BCUT2D eigenvalue weighted by Crippen LogP contribution is -2.30. The molecule has 0 radical (unpaired) electrons. The van der Waals surface area contributed by atoms with Crippen molar-refractivity contribution in [3.05, 3.63) is 54.1 Å². The Morgan fingerprint density at radius 3 is 2.95 bits per heavy atom. The largest absolute Gasteiger partial charge is 0.348 e. The number of hydrogen-bond donors (Lipinski definition) is 1. The predicted molar refractivity (Wildman–Crippen MR) is 75.6 cm³/mol. The molecular formula is C14H15N3OS. The first kappa shape index (κ1) is 12.3. The summed E-state index contributed by atoms with van der Waals surface area (Å²) < 4.78 is 0. The fourth-order valence-electron chi connectivity index (χ4n) is 2.25. The quantitative estimate of drug-likeness (QED) is 0.929. The first-order valence-corrected chi connectivity index (χ1v) is 7.33. The van der Waals surface area contributed by atoms with Crippen LogP contribution in [0.15, 0.2) is 42.9 Å². The Labute approximate surface area is 116 Å². The molecule has 1 saturated heterocycles. The number of benzene rings is 1. The first-order chi connectivity index (χ1) is 9.34. The number of aromatic nitrogens is 2. The van der Waals surface area contributed by atoms with Gasteiger partial charge in [0.1, 0.15) is 5.37 Å². The van der Waals surface area contributed by atoms with Crippen LogP contribution in [0.2, 0.25) is 0 Å². The smallest absolute Gasteiger partial charge is 0.233 e. The molecule has 1 atom stereocenters. The van der Waals surface area contributed by atoms with Gasteiger partial charge >= 0.3 is 0 Å². The van der Waals surface area contributed by atoms with E-state index < -0.39 is 0 Å². The van der Waals surface area contributed by atoms with Crippen LogP contribution in [0.4, 0.5) is 0 Å². The molecule has 0 spiro atoms. The topological polar surface area (TPSA) is 49.0 Å². The van der Waals surface area contributed by atoms with E-state index in [0.717, 1.165) is 18.7 Å². The van der Waals surface area contributed by atoms with Crippen LogP contribution in [-0.4, -0.2) is 33.1 Å². The number of imidazole rings is 1. The van der Waals surface area contributed by atoms with Crippen LogP contribution in [-0.2, 0) is 11.2 Å². The molecule has 0 bridgehead atoms. The third-order valence-corrected chi connectivity index (χ3v) is 4.49. The zero-order valence-electron chi connectivity index (χ0n) is 10.5. The Morgan fingerprint density at radius 1 is 1.37 bits per heavy atom. The number of carbonyl (C=O) groups excluding carboxylic acids is 1. The number of nitrogens with one attached hydrogen (secondary N) is 1. The van der Waals surface area contributed by atoms with E-state index in [2.05, 4.69) is 22.1 Å². The van der Waals surface area contributed by atoms with Gasteiger partial charge in [-0.15, -0.1) is 11.8 Å². The van der Waals surface area contributed by atoms with Gasteiger partial charge < -0.3 is 9.88 Å². The molecule has 98 valence electrons. The Balaban J connectivity index is 1.72. The fourth-order valence-corrected chi connectivity index (χ4v) is 3.47. The van der Waals surface area contributed by atoms with Gasteiger partial charge in [0.2, 0.25) is 5.91 Å². The molecule has 1 fully saturated rings. The lowest BCUT2D eigenvalue weighted by molar-refractivity contribution is -0.128. The summed E-state index contributed by atoms with van der Waals surface area (Å²) in [5, 5.41) is 0.150. The van der Waals surface area contributed by atoms with Crippen molar-refractivity contribution in [2.24, 2.45) is 0 Å². The lowest BCUT2D eigenvalue weighted by Gasteiger charge is -2.23. The molecule has 1 aliphatic rings. The van der Waals surface area contributed by atoms with Crippen molar-refractivity contribution in [3.63, 3.8) is 0 Å². The minimum atomic E-state index is 0.150. The maximum Gasteiger partial charge on any atom is 0.233 e. The molecule has 19 heavy (non-hydrogen) atoms. The van der Waals surface area contributed by atoms with Crippen molar-refractivity contribution >= 4 is 17.7 Å². The molecule has 1 aromatic carbocycles. The number of H-pyrrole nitrogens is 1. The van der Waals surface area contributed by atoms with Crippen LogP contribution >= 0.6 is 11.8 Å². The highest BCUT2D eigenvalue weighted by Gasteiger charge is 2.32. The number of nitrogens with zero attached hydrogens (tertiary/aromatic N) is 2. The zero-order chi connectivity index (χ0) is 13.1. The van der Waals surface area contributed by atoms with Gasteiger partial charge in [0.15, 0.2) is 0 Å². The SMILES string of the molecule is O=C1CSC(c2ccccc2)N1CCc1cnc[nH]1. The van der Waals surface area contributed by atoms with Gasteiger partial charge in [-0.1, -0.05) is 30.3 Å². The molecule has 2 heterocycles. The number of amides is 1. The van der Waals surface area contributed by atoms with E-state index in [-0.39, 0.29) is 11.3 Å². The van der Waals surface area contributed by atoms with Gasteiger partial charge in [-0.25, -0.2) is 4.98 Å². The van der Waals surface area contributed by atoms with Gasteiger partial charge in [0, 0.05) is 24.9 Å². The Morgan fingerprint density at radius 2 is 2.21 bits per heavy atom. The van der Waals surface area contributed by atoms with Crippen LogP contribution in [0.5, 0.6) is 0 Å². The maximum absolute atomic E-state index is 12.0. The Kier molecular flexibility index (Phi) is 3.55. The molecule has 1 amide bonds. The van der Waals surface area contributed by atoms with Crippen LogP contribution in [0.1, 0.15) is 16.6 Å².